The first-order chi connectivity index (χ1) is 17.5. The minimum Gasteiger partial charge on any atom is -0.462 e. The molecule has 0 fully saturated rings. The van der Waals surface area contributed by atoms with E-state index < -0.39 is 0 Å². The van der Waals surface area contributed by atoms with Crippen LogP contribution in [0.2, 0.25) is 0 Å². The van der Waals surface area contributed by atoms with Crippen molar-refractivity contribution in [3.05, 3.63) is 78.0 Å². The Labute approximate surface area is 210 Å². The van der Waals surface area contributed by atoms with Gasteiger partial charge in [0.15, 0.2) is 5.65 Å². The fraction of sp³-hybridized carbons (Fsp3) is 0.286. The summed E-state index contributed by atoms with van der Waals surface area (Å²) in [7, 11) is 0. The van der Waals surface area contributed by atoms with Crippen LogP contribution >= 0.6 is 0 Å². The first-order valence-electron chi connectivity index (χ1n) is 12.4. The van der Waals surface area contributed by atoms with Gasteiger partial charge in [-0.1, -0.05) is 69.3 Å². The number of rotatable bonds is 9. The average Bonchev–Trinajstić information content (AvgIpc) is 3.35. The highest BCUT2D eigenvalue weighted by atomic mass is 16.5. The quantitative estimate of drug-likeness (QED) is 0.299. The number of para-hydroxylation sites is 1. The summed E-state index contributed by atoms with van der Waals surface area (Å²) in [5, 5.41) is 9.13. The van der Waals surface area contributed by atoms with E-state index >= 15 is 0 Å². The van der Waals surface area contributed by atoms with Crippen molar-refractivity contribution in [2.45, 2.75) is 45.7 Å². The Morgan fingerprint density at radius 2 is 1.78 bits per heavy atom. The highest BCUT2D eigenvalue weighted by Gasteiger charge is 2.17. The van der Waals surface area contributed by atoms with Gasteiger partial charge in [0.2, 0.25) is 5.95 Å². The van der Waals surface area contributed by atoms with Gasteiger partial charge in [0.1, 0.15) is 6.61 Å². The van der Waals surface area contributed by atoms with Crippen LogP contribution in [-0.4, -0.2) is 37.2 Å². The highest BCUT2D eigenvalue weighted by molar-refractivity contribution is 5.82. The van der Waals surface area contributed by atoms with Crippen molar-refractivity contribution in [1.82, 2.24) is 24.6 Å². The average molecular weight is 482 g/mol. The van der Waals surface area contributed by atoms with E-state index in [1.807, 2.05) is 43.5 Å². The normalized spacial score (nSPS) is 12.4. The molecule has 1 atom stereocenters. The molecule has 3 heterocycles. The number of ether oxygens (including phenoxy) is 1. The number of pyridine rings is 1. The molecule has 0 amide bonds. The van der Waals surface area contributed by atoms with Crippen molar-refractivity contribution in [1.29, 1.82) is 0 Å². The monoisotopic (exact) mass is 481 g/mol. The van der Waals surface area contributed by atoms with Crippen molar-refractivity contribution in [3.63, 3.8) is 0 Å². The summed E-state index contributed by atoms with van der Waals surface area (Å²) in [5.74, 6) is 0.823. The fourth-order valence-electron chi connectivity index (χ4n) is 4.08. The maximum atomic E-state index is 6.05. The molecule has 3 aromatic heterocycles. The molecule has 0 bridgehead atoms. The summed E-state index contributed by atoms with van der Waals surface area (Å²) in [6.07, 6.45) is 2.66. The molecule has 5 rings (SSSR count). The number of fused-ring (bicyclic) bond motifs is 2. The largest absolute Gasteiger partial charge is 0.462 e. The number of anilines is 1. The minimum atomic E-state index is -0.0722. The van der Waals surface area contributed by atoms with Crippen LogP contribution in [0.25, 0.3) is 27.8 Å². The van der Waals surface area contributed by atoms with Gasteiger partial charge in [-0.15, -0.1) is 0 Å². The summed E-state index contributed by atoms with van der Waals surface area (Å²) in [6.45, 7) is 7.15. The number of hydrogen-bond acceptors (Lipinski definition) is 7. The molecule has 0 aliphatic carbocycles. The SMILES string of the molecule is CC[C@@H](N)COc1nc(NCc2ccccc2-c2ccc3ccccc3n2)n2ncc(C(C)C)c2n1. The molecule has 5 aromatic rings. The van der Waals surface area contributed by atoms with Crippen LogP contribution < -0.4 is 15.8 Å². The zero-order chi connectivity index (χ0) is 25.1. The lowest BCUT2D eigenvalue weighted by molar-refractivity contribution is 0.264. The first kappa shape index (κ1) is 23.7. The van der Waals surface area contributed by atoms with Gasteiger partial charge >= 0.3 is 6.01 Å². The van der Waals surface area contributed by atoms with E-state index in [0.29, 0.717) is 25.1 Å². The number of nitrogens with zero attached hydrogens (tertiary/aromatic N) is 5. The van der Waals surface area contributed by atoms with Crippen LogP contribution in [0.5, 0.6) is 6.01 Å². The Morgan fingerprint density at radius 1 is 0.972 bits per heavy atom. The summed E-state index contributed by atoms with van der Waals surface area (Å²) < 4.78 is 7.59. The molecule has 0 aliphatic heterocycles. The van der Waals surface area contributed by atoms with Crippen molar-refractivity contribution < 1.29 is 4.74 Å². The molecule has 8 heteroatoms. The van der Waals surface area contributed by atoms with Crippen molar-refractivity contribution >= 4 is 22.5 Å². The Kier molecular flexibility index (Phi) is 6.77. The van der Waals surface area contributed by atoms with E-state index in [2.05, 4.69) is 64.6 Å². The topological polar surface area (TPSA) is 103 Å². The third-order valence-electron chi connectivity index (χ3n) is 6.28. The molecule has 8 nitrogen and oxygen atoms in total. The number of hydrogen-bond donors (Lipinski definition) is 2. The lowest BCUT2D eigenvalue weighted by atomic mass is 10.0. The Morgan fingerprint density at radius 3 is 2.61 bits per heavy atom. The Bertz CT molecular complexity index is 1490. The molecular weight excluding hydrogens is 450 g/mol. The van der Waals surface area contributed by atoms with Crippen molar-refractivity contribution in [3.8, 4) is 17.3 Å². The molecule has 0 saturated heterocycles. The smallest absolute Gasteiger partial charge is 0.321 e. The zero-order valence-electron chi connectivity index (χ0n) is 20.8. The molecule has 0 aliphatic rings. The van der Waals surface area contributed by atoms with E-state index in [1.54, 1.807) is 4.52 Å². The van der Waals surface area contributed by atoms with Crippen molar-refractivity contribution in [2.24, 2.45) is 5.73 Å². The van der Waals surface area contributed by atoms with Crippen LogP contribution in [-0.2, 0) is 6.54 Å². The van der Waals surface area contributed by atoms with Crippen LogP contribution in [0.1, 0.15) is 44.2 Å². The van der Waals surface area contributed by atoms with Crippen LogP contribution in [0, 0.1) is 0 Å². The lowest BCUT2D eigenvalue weighted by Crippen LogP contribution is -2.27. The summed E-state index contributed by atoms with van der Waals surface area (Å²) in [6, 6.07) is 20.8. The number of nitrogens with one attached hydrogen (secondary N) is 1. The summed E-state index contributed by atoms with van der Waals surface area (Å²) in [5.41, 5.74) is 11.9. The van der Waals surface area contributed by atoms with E-state index in [-0.39, 0.29) is 12.0 Å². The second-order valence-electron chi connectivity index (χ2n) is 9.20. The molecule has 3 N–H and O–H groups in total. The maximum Gasteiger partial charge on any atom is 0.321 e. The Hall–Kier alpha value is -4.04. The van der Waals surface area contributed by atoms with Gasteiger partial charge in [-0.05, 0) is 30.0 Å². The molecule has 0 radical (unpaired) electrons. The lowest BCUT2D eigenvalue weighted by Gasteiger charge is -2.14. The molecule has 0 saturated carbocycles. The second-order valence-corrected chi connectivity index (χ2v) is 9.20. The van der Waals surface area contributed by atoms with Crippen LogP contribution in [0.4, 0.5) is 5.95 Å². The minimum absolute atomic E-state index is 0.0722. The molecule has 0 unspecified atom stereocenters. The van der Waals surface area contributed by atoms with E-state index in [1.165, 1.54) is 0 Å². The molecular formula is C28H31N7O. The molecule has 36 heavy (non-hydrogen) atoms. The van der Waals surface area contributed by atoms with Gasteiger partial charge in [0.05, 0.1) is 17.4 Å². The Balaban J connectivity index is 1.47. The standard InChI is InChI=1S/C28H31N7O/c1-4-21(29)17-36-28-33-26-23(18(2)3)16-31-35(26)27(34-28)30-15-20-10-5-7-11-22(20)25-14-13-19-9-6-8-12-24(19)32-25/h5-14,16,18,21H,4,15,17,29H2,1-3H3,(H,30,33,34)/t21-/m1/s1. The van der Waals surface area contributed by atoms with Crippen LogP contribution in [0.3, 0.4) is 0 Å². The van der Waals surface area contributed by atoms with Gasteiger partial charge in [-0.2, -0.15) is 19.6 Å². The summed E-state index contributed by atoms with van der Waals surface area (Å²) in [4.78, 5) is 14.2. The number of nitrogens with two attached hydrogens (primary N) is 1. The van der Waals surface area contributed by atoms with Gasteiger partial charge in [0, 0.05) is 29.1 Å². The van der Waals surface area contributed by atoms with Crippen LogP contribution in [0.15, 0.2) is 66.9 Å². The predicted molar refractivity (Wildman–Crippen MR) is 143 cm³/mol. The molecule has 0 spiro atoms. The van der Waals surface area contributed by atoms with Gasteiger partial charge in [-0.3, -0.25) is 0 Å². The van der Waals surface area contributed by atoms with E-state index in [0.717, 1.165) is 45.4 Å². The maximum absolute atomic E-state index is 6.05. The second kappa shape index (κ2) is 10.3. The predicted octanol–water partition coefficient (Wildman–Crippen LogP) is 5.19. The summed E-state index contributed by atoms with van der Waals surface area (Å²) >= 11 is 0. The van der Waals surface area contributed by atoms with Gasteiger partial charge in [-0.25, -0.2) is 4.98 Å². The van der Waals surface area contributed by atoms with E-state index in [4.69, 9.17) is 15.5 Å². The first-order valence-corrected chi connectivity index (χ1v) is 12.4. The highest BCUT2D eigenvalue weighted by Crippen LogP contribution is 2.26. The molecule has 184 valence electrons. The zero-order valence-corrected chi connectivity index (χ0v) is 20.8. The third-order valence-corrected chi connectivity index (χ3v) is 6.28. The van der Waals surface area contributed by atoms with Gasteiger partial charge in [0.25, 0.3) is 0 Å². The fourth-order valence-corrected chi connectivity index (χ4v) is 4.08. The van der Waals surface area contributed by atoms with Gasteiger partial charge < -0.3 is 15.8 Å². The van der Waals surface area contributed by atoms with E-state index in [9.17, 15) is 0 Å². The van der Waals surface area contributed by atoms with Crippen molar-refractivity contribution in [2.75, 3.05) is 11.9 Å². The third kappa shape index (κ3) is 4.85. The number of aromatic nitrogens is 5. The molecule has 2 aromatic carbocycles. The number of benzene rings is 2.